The molecule has 1 aliphatic rings. The molecule has 0 aliphatic carbocycles. The number of ether oxygens (including phenoxy) is 2. The Hall–Kier alpha value is -2.31. The second-order valence-electron chi connectivity index (χ2n) is 7.59. The second kappa shape index (κ2) is 9.01. The lowest BCUT2D eigenvalue weighted by molar-refractivity contribution is -0.141. The Morgan fingerprint density at radius 1 is 1.21 bits per heavy atom. The van der Waals surface area contributed by atoms with Crippen molar-refractivity contribution in [1.82, 2.24) is 9.47 Å². The van der Waals surface area contributed by atoms with E-state index in [4.69, 9.17) is 9.47 Å². The lowest BCUT2D eigenvalue weighted by atomic mass is 10.1. The molecule has 154 valence electrons. The monoisotopic (exact) mass is 412 g/mol. The van der Waals surface area contributed by atoms with Gasteiger partial charge >= 0.3 is 5.97 Å². The third kappa shape index (κ3) is 4.33. The molecule has 0 spiro atoms. The fraction of sp³-hybridized carbons (Fsp3) is 0.435. The Morgan fingerprint density at radius 3 is 2.86 bits per heavy atom. The molecule has 1 atom stereocenters. The van der Waals surface area contributed by atoms with Gasteiger partial charge in [-0.05, 0) is 54.6 Å². The fourth-order valence-electron chi connectivity index (χ4n) is 4.32. The van der Waals surface area contributed by atoms with Crippen molar-refractivity contribution in [2.24, 2.45) is 0 Å². The first-order valence-electron chi connectivity index (χ1n) is 10.2. The number of carbonyl (C=O) groups excluding carboxylic acids is 1. The maximum Gasteiger partial charge on any atom is 0.325 e. The van der Waals surface area contributed by atoms with Crippen LogP contribution in [0.25, 0.3) is 10.9 Å². The zero-order valence-corrected chi connectivity index (χ0v) is 17.9. The van der Waals surface area contributed by atoms with E-state index in [9.17, 15) is 4.79 Å². The molecule has 0 radical (unpaired) electrons. The number of nitrogens with zero attached hydrogens (tertiary/aromatic N) is 2. The number of aromatic nitrogens is 1. The number of fused-ring (bicyclic) bond motifs is 1. The molecule has 3 heterocycles. The molecule has 0 amide bonds. The van der Waals surface area contributed by atoms with Gasteiger partial charge in [0, 0.05) is 34.6 Å². The van der Waals surface area contributed by atoms with Gasteiger partial charge in [-0.2, -0.15) is 0 Å². The van der Waals surface area contributed by atoms with E-state index < -0.39 is 0 Å². The van der Waals surface area contributed by atoms with Crippen LogP contribution >= 0.6 is 11.3 Å². The first-order chi connectivity index (χ1) is 14.2. The van der Waals surface area contributed by atoms with Gasteiger partial charge < -0.3 is 14.0 Å². The molecule has 1 aromatic carbocycles. The second-order valence-corrected chi connectivity index (χ2v) is 8.57. The van der Waals surface area contributed by atoms with Crippen LogP contribution in [0.3, 0.4) is 0 Å². The Balaban J connectivity index is 1.70. The minimum absolute atomic E-state index is 0.216. The van der Waals surface area contributed by atoms with Crippen molar-refractivity contribution in [1.29, 1.82) is 0 Å². The number of thiophene rings is 1. The minimum atomic E-state index is -0.240. The highest BCUT2D eigenvalue weighted by Gasteiger charge is 2.25. The van der Waals surface area contributed by atoms with Crippen LogP contribution < -0.4 is 4.74 Å². The van der Waals surface area contributed by atoms with Gasteiger partial charge in [-0.1, -0.05) is 18.9 Å². The van der Waals surface area contributed by atoms with E-state index in [1.807, 2.05) is 28.0 Å². The summed E-state index contributed by atoms with van der Waals surface area (Å²) in [5, 5.41) is 3.31. The molecule has 3 aromatic rings. The summed E-state index contributed by atoms with van der Waals surface area (Å²) in [6, 6.07) is 10.9. The van der Waals surface area contributed by atoms with E-state index in [2.05, 4.69) is 34.7 Å². The Kier molecular flexibility index (Phi) is 6.21. The predicted molar refractivity (Wildman–Crippen MR) is 116 cm³/mol. The van der Waals surface area contributed by atoms with Gasteiger partial charge in [0.25, 0.3) is 0 Å². The average molecular weight is 413 g/mol. The number of carbonyl (C=O) groups is 1. The topological polar surface area (TPSA) is 43.7 Å². The molecule has 4 rings (SSSR count). The highest BCUT2D eigenvalue weighted by atomic mass is 32.1. The Labute approximate surface area is 175 Å². The van der Waals surface area contributed by atoms with E-state index >= 15 is 0 Å². The fourth-order valence-corrected chi connectivity index (χ4v) is 5.21. The molecule has 0 bridgehead atoms. The van der Waals surface area contributed by atoms with E-state index in [0.29, 0.717) is 6.04 Å². The number of esters is 1. The first kappa shape index (κ1) is 20.0. The SMILES string of the molecule is COC(=O)Cn1cc(CN2CCCCCC2c2cccs2)c2cc(OC)ccc21. The summed E-state index contributed by atoms with van der Waals surface area (Å²) in [6.07, 6.45) is 7.10. The van der Waals surface area contributed by atoms with Crippen LogP contribution in [-0.4, -0.2) is 36.2 Å². The Morgan fingerprint density at radius 2 is 2.10 bits per heavy atom. The van der Waals surface area contributed by atoms with Crippen LogP contribution in [0.4, 0.5) is 0 Å². The van der Waals surface area contributed by atoms with Crippen molar-refractivity contribution in [3.05, 3.63) is 52.3 Å². The minimum Gasteiger partial charge on any atom is -0.497 e. The quantitative estimate of drug-likeness (QED) is 0.534. The molecule has 6 heteroatoms. The summed E-state index contributed by atoms with van der Waals surface area (Å²) < 4.78 is 12.4. The van der Waals surface area contributed by atoms with Crippen molar-refractivity contribution in [2.75, 3.05) is 20.8 Å². The van der Waals surface area contributed by atoms with Gasteiger partial charge in [-0.25, -0.2) is 0 Å². The normalized spacial score (nSPS) is 17.9. The third-order valence-electron chi connectivity index (χ3n) is 5.81. The summed E-state index contributed by atoms with van der Waals surface area (Å²) in [5.74, 6) is 0.593. The summed E-state index contributed by atoms with van der Waals surface area (Å²) in [4.78, 5) is 16.0. The highest BCUT2D eigenvalue weighted by Crippen LogP contribution is 2.35. The molecule has 1 unspecified atom stereocenters. The van der Waals surface area contributed by atoms with E-state index in [1.165, 1.54) is 43.2 Å². The maximum atomic E-state index is 11.9. The molecular weight excluding hydrogens is 384 g/mol. The van der Waals surface area contributed by atoms with Gasteiger partial charge in [-0.3, -0.25) is 9.69 Å². The molecule has 29 heavy (non-hydrogen) atoms. The maximum absolute atomic E-state index is 11.9. The summed E-state index contributed by atoms with van der Waals surface area (Å²) in [6.45, 7) is 2.17. The van der Waals surface area contributed by atoms with E-state index in [0.717, 1.165) is 29.7 Å². The summed E-state index contributed by atoms with van der Waals surface area (Å²) in [5.41, 5.74) is 2.26. The Bertz CT molecular complexity index is 964. The molecule has 5 nitrogen and oxygen atoms in total. The number of hydrogen-bond acceptors (Lipinski definition) is 5. The molecule has 1 saturated heterocycles. The zero-order chi connectivity index (χ0) is 20.2. The molecule has 0 N–H and O–H groups in total. The summed E-state index contributed by atoms with van der Waals surface area (Å²) >= 11 is 1.85. The third-order valence-corrected chi connectivity index (χ3v) is 6.78. The van der Waals surface area contributed by atoms with Crippen LogP contribution in [0.15, 0.2) is 41.9 Å². The average Bonchev–Trinajstić information content (AvgIpc) is 3.32. The number of likely N-dealkylation sites (tertiary alicyclic amines) is 1. The van der Waals surface area contributed by atoms with Gasteiger partial charge in [0.2, 0.25) is 0 Å². The van der Waals surface area contributed by atoms with E-state index in [-0.39, 0.29) is 12.5 Å². The van der Waals surface area contributed by atoms with Crippen LogP contribution in [0.5, 0.6) is 5.75 Å². The molecule has 1 fully saturated rings. The van der Waals surface area contributed by atoms with Crippen molar-refractivity contribution in [2.45, 2.75) is 44.8 Å². The lowest BCUT2D eigenvalue weighted by Crippen LogP contribution is -2.27. The predicted octanol–water partition coefficient (Wildman–Crippen LogP) is 5.00. The number of hydrogen-bond donors (Lipinski definition) is 0. The van der Waals surface area contributed by atoms with Crippen molar-refractivity contribution in [3.8, 4) is 5.75 Å². The molecule has 2 aromatic heterocycles. The summed E-state index contributed by atoms with van der Waals surface area (Å²) in [7, 11) is 3.12. The number of methoxy groups -OCH3 is 2. The van der Waals surface area contributed by atoms with Crippen molar-refractivity contribution >= 4 is 28.2 Å². The van der Waals surface area contributed by atoms with Gasteiger partial charge in [-0.15, -0.1) is 11.3 Å². The smallest absolute Gasteiger partial charge is 0.325 e. The number of rotatable bonds is 6. The van der Waals surface area contributed by atoms with Crippen LogP contribution in [0.2, 0.25) is 0 Å². The van der Waals surface area contributed by atoms with Crippen LogP contribution in [0.1, 0.15) is 42.2 Å². The van der Waals surface area contributed by atoms with Crippen LogP contribution in [-0.2, 0) is 22.6 Å². The van der Waals surface area contributed by atoms with Gasteiger partial charge in [0.05, 0.1) is 14.2 Å². The van der Waals surface area contributed by atoms with Crippen LogP contribution in [0, 0.1) is 0 Å². The highest BCUT2D eigenvalue weighted by molar-refractivity contribution is 7.10. The standard InChI is InChI=1S/C23H28N2O3S/c1-27-18-9-10-20-19(13-18)17(15-25(20)16-23(26)28-2)14-24-11-5-3-4-7-21(24)22-8-6-12-29-22/h6,8-10,12-13,15,21H,3-5,7,11,14,16H2,1-2H3. The molecular formula is C23H28N2O3S. The van der Waals surface area contributed by atoms with Crippen molar-refractivity contribution in [3.63, 3.8) is 0 Å². The van der Waals surface area contributed by atoms with E-state index in [1.54, 1.807) is 7.11 Å². The number of benzene rings is 1. The van der Waals surface area contributed by atoms with Crippen molar-refractivity contribution < 1.29 is 14.3 Å². The first-order valence-corrected chi connectivity index (χ1v) is 11.1. The van der Waals surface area contributed by atoms with Gasteiger partial charge in [0.15, 0.2) is 0 Å². The van der Waals surface area contributed by atoms with Gasteiger partial charge in [0.1, 0.15) is 12.3 Å². The lowest BCUT2D eigenvalue weighted by Gasteiger charge is -2.29. The molecule has 0 saturated carbocycles. The molecule has 1 aliphatic heterocycles. The zero-order valence-electron chi connectivity index (χ0n) is 17.1. The largest absolute Gasteiger partial charge is 0.497 e.